The molecule has 4 heteroatoms. The summed E-state index contributed by atoms with van der Waals surface area (Å²) in [5, 5.41) is 13.1. The van der Waals surface area contributed by atoms with Gasteiger partial charge in [-0.2, -0.15) is 0 Å². The number of aromatic nitrogens is 2. The Bertz CT molecular complexity index is 5190. The number of anilines is 3. The number of para-hydroxylation sites is 4. The van der Waals surface area contributed by atoms with Crippen molar-refractivity contribution in [1.82, 2.24) is 8.97 Å². The van der Waals surface area contributed by atoms with Crippen molar-refractivity contribution < 1.29 is 0 Å². The summed E-state index contributed by atoms with van der Waals surface area (Å²) in [6, 6.07) is 128. The lowest BCUT2D eigenvalue weighted by Crippen LogP contribution is -2.74. The average Bonchev–Trinajstić information content (AvgIpc) is 1.61. The number of benzene rings is 14. The molecule has 0 fully saturated rings. The first kappa shape index (κ1) is 51.1. The molecule has 412 valence electrons. The first-order valence-corrected chi connectivity index (χ1v) is 32.4. The molecule has 0 N–H and O–H groups in total. The van der Waals surface area contributed by atoms with Gasteiger partial charge in [0.2, 0.25) is 0 Å². The fraction of sp³-hybridized carbons (Fsp3) is 0. The number of hydrogen-bond donors (Lipinski definition) is 0. The lowest BCUT2D eigenvalue weighted by Gasteiger charge is -2.34. The minimum atomic E-state index is -2.62. The maximum atomic E-state index is 2.45. The summed E-state index contributed by atoms with van der Waals surface area (Å²) in [5.74, 6) is 0. The van der Waals surface area contributed by atoms with Crippen LogP contribution in [0.25, 0.3) is 110 Å². The number of fused-ring (bicyclic) bond motifs is 9. The van der Waals surface area contributed by atoms with E-state index in [2.05, 4.69) is 360 Å². The zero-order valence-electron chi connectivity index (χ0n) is 48.3. The summed E-state index contributed by atoms with van der Waals surface area (Å²) in [6.07, 6.45) is 0. The predicted molar refractivity (Wildman–Crippen MR) is 375 cm³/mol. The van der Waals surface area contributed by atoms with Crippen LogP contribution in [0.3, 0.4) is 0 Å². The second kappa shape index (κ2) is 21.0. The van der Waals surface area contributed by atoms with Crippen LogP contribution in [-0.4, -0.2) is 17.0 Å². The summed E-state index contributed by atoms with van der Waals surface area (Å²) in [5.41, 5.74) is 20.0. The van der Waals surface area contributed by atoms with Gasteiger partial charge in [0, 0.05) is 55.1 Å². The van der Waals surface area contributed by atoms with E-state index in [1.165, 1.54) is 120 Å². The molecular formula is C84H57N3Si. The zero-order valence-corrected chi connectivity index (χ0v) is 49.3. The van der Waals surface area contributed by atoms with Crippen LogP contribution in [0.15, 0.2) is 346 Å². The lowest BCUT2D eigenvalue weighted by atomic mass is 9.98. The maximum absolute atomic E-state index is 2.62. The molecule has 0 saturated heterocycles. The Hall–Kier alpha value is -11.3. The standard InChI is InChI=1S/C84H57N3Si/c1-5-20-65(21-6-1)86-81-34-18-15-30-76(81)83-73(31-19-35-82(83)86)63-44-52-68(53-45-63)85(67-50-42-62(43-51-67)64-56-77-74-28-13-16-32-79(74)87-80-33-17-14-29-75(80)78(57-64)84(77)87)66-48-40-60(41-49-66)58-36-38-59(39-37-58)61-46-54-72(55-47-61)88(69-22-7-2-8-23-69,70-24-9-3-10-25-70)71-26-11-4-12-27-71/h1-57H. The smallest absolute Gasteiger partial charge is 0.179 e. The highest BCUT2D eigenvalue weighted by molar-refractivity contribution is 7.19. The van der Waals surface area contributed by atoms with Crippen molar-refractivity contribution in [2.45, 2.75) is 0 Å². The second-order valence-electron chi connectivity index (χ2n) is 23.2. The molecular weight excluding hydrogens is 1080 g/mol. The van der Waals surface area contributed by atoms with Crippen LogP contribution < -0.4 is 25.6 Å². The summed E-state index contributed by atoms with van der Waals surface area (Å²) in [6.45, 7) is 0. The van der Waals surface area contributed by atoms with E-state index in [-0.39, 0.29) is 0 Å². The van der Waals surface area contributed by atoms with E-state index in [0.717, 1.165) is 28.3 Å². The quantitative estimate of drug-likeness (QED) is 0.0877. The van der Waals surface area contributed by atoms with Crippen LogP contribution in [0.5, 0.6) is 0 Å². The van der Waals surface area contributed by atoms with Crippen LogP contribution in [0.4, 0.5) is 17.1 Å². The average molecular weight is 1140 g/mol. The topological polar surface area (TPSA) is 12.6 Å². The Balaban J connectivity index is 0.725. The van der Waals surface area contributed by atoms with Crippen LogP contribution in [-0.2, 0) is 0 Å². The van der Waals surface area contributed by atoms with Gasteiger partial charge in [0.05, 0.1) is 27.6 Å². The molecule has 3 aromatic heterocycles. The molecule has 0 amide bonds. The molecule has 0 spiro atoms. The van der Waals surface area contributed by atoms with E-state index in [9.17, 15) is 0 Å². The number of hydrogen-bond acceptors (Lipinski definition) is 1. The van der Waals surface area contributed by atoms with Gasteiger partial charge >= 0.3 is 0 Å². The van der Waals surface area contributed by atoms with Gasteiger partial charge in [-0.15, -0.1) is 0 Å². The Morgan fingerprint density at radius 3 is 1.07 bits per heavy atom. The molecule has 0 aliphatic carbocycles. The Morgan fingerprint density at radius 1 is 0.239 bits per heavy atom. The van der Waals surface area contributed by atoms with Gasteiger partial charge in [0.1, 0.15) is 0 Å². The lowest BCUT2D eigenvalue weighted by molar-refractivity contribution is 1.18. The van der Waals surface area contributed by atoms with E-state index >= 15 is 0 Å². The largest absolute Gasteiger partial charge is 0.311 e. The molecule has 0 radical (unpaired) electrons. The first-order chi connectivity index (χ1) is 43.7. The molecule has 17 rings (SSSR count). The van der Waals surface area contributed by atoms with Crippen molar-refractivity contribution in [3.8, 4) is 50.2 Å². The molecule has 0 atom stereocenters. The highest BCUT2D eigenvalue weighted by Crippen LogP contribution is 2.44. The van der Waals surface area contributed by atoms with Crippen LogP contribution in [0, 0.1) is 0 Å². The molecule has 17 aromatic rings. The molecule has 88 heavy (non-hydrogen) atoms. The highest BCUT2D eigenvalue weighted by Gasteiger charge is 2.41. The van der Waals surface area contributed by atoms with Crippen LogP contribution in [0.2, 0.25) is 0 Å². The van der Waals surface area contributed by atoms with Gasteiger partial charge in [0.25, 0.3) is 0 Å². The molecule has 0 aliphatic heterocycles. The van der Waals surface area contributed by atoms with Gasteiger partial charge in [-0.3, -0.25) is 0 Å². The minimum Gasteiger partial charge on any atom is -0.311 e. The third-order valence-corrected chi connectivity index (χ3v) is 23.2. The highest BCUT2D eigenvalue weighted by atomic mass is 28.3. The fourth-order valence-electron chi connectivity index (χ4n) is 14.4. The Kier molecular flexibility index (Phi) is 12.2. The summed E-state index contributed by atoms with van der Waals surface area (Å²) < 4.78 is 4.84. The van der Waals surface area contributed by atoms with E-state index in [1.807, 2.05) is 0 Å². The maximum Gasteiger partial charge on any atom is 0.179 e. The van der Waals surface area contributed by atoms with E-state index in [1.54, 1.807) is 0 Å². The van der Waals surface area contributed by atoms with Gasteiger partial charge in [-0.25, -0.2) is 0 Å². The molecule has 0 aliphatic rings. The van der Waals surface area contributed by atoms with Gasteiger partial charge in [-0.05, 0) is 150 Å². The molecule has 14 aromatic carbocycles. The molecule has 0 saturated carbocycles. The van der Waals surface area contributed by atoms with Gasteiger partial charge < -0.3 is 13.9 Å². The molecule has 0 unspecified atom stereocenters. The summed E-state index contributed by atoms with van der Waals surface area (Å²) in [7, 11) is -2.62. The van der Waals surface area contributed by atoms with Crippen LogP contribution >= 0.6 is 0 Å². The minimum absolute atomic E-state index is 1.08. The van der Waals surface area contributed by atoms with Crippen LogP contribution in [0.1, 0.15) is 0 Å². The van der Waals surface area contributed by atoms with E-state index in [0.29, 0.717) is 0 Å². The van der Waals surface area contributed by atoms with Gasteiger partial charge in [0.15, 0.2) is 8.07 Å². The summed E-state index contributed by atoms with van der Waals surface area (Å²) >= 11 is 0. The van der Waals surface area contributed by atoms with E-state index in [4.69, 9.17) is 0 Å². The fourth-order valence-corrected chi connectivity index (χ4v) is 19.2. The molecule has 3 heterocycles. The molecule has 0 bridgehead atoms. The number of rotatable bonds is 12. The Morgan fingerprint density at radius 2 is 0.591 bits per heavy atom. The zero-order chi connectivity index (χ0) is 58.1. The predicted octanol–water partition coefficient (Wildman–Crippen LogP) is 19.4. The first-order valence-electron chi connectivity index (χ1n) is 30.4. The third-order valence-electron chi connectivity index (χ3n) is 18.4. The third kappa shape index (κ3) is 8.25. The monoisotopic (exact) mass is 1140 g/mol. The van der Waals surface area contributed by atoms with Crippen molar-refractivity contribution in [3.05, 3.63) is 346 Å². The Labute approximate surface area is 512 Å². The van der Waals surface area contributed by atoms with Crippen molar-refractivity contribution in [1.29, 1.82) is 0 Å². The van der Waals surface area contributed by atoms with Gasteiger partial charge in [-0.1, -0.05) is 261 Å². The number of nitrogens with zero attached hydrogens (tertiary/aromatic N) is 3. The SMILES string of the molecule is c1ccc(-n2c3ccccc3c3c(-c4ccc(N(c5ccc(-c6ccc(-c7ccc([Si](c8ccccc8)(c8ccccc8)c8ccccc8)cc7)cc6)cc5)c5ccc(-c6cc7c8ccccc8n8c9ccccc9c(c6)c78)cc5)cc4)cccc32)cc1. The van der Waals surface area contributed by atoms with Crippen molar-refractivity contribution in [3.63, 3.8) is 0 Å². The van der Waals surface area contributed by atoms with Crippen molar-refractivity contribution in [2.24, 2.45) is 0 Å². The van der Waals surface area contributed by atoms with E-state index < -0.39 is 8.07 Å². The second-order valence-corrected chi connectivity index (χ2v) is 27.0. The normalized spacial score (nSPS) is 11.9. The van der Waals surface area contributed by atoms with Crippen molar-refractivity contribution in [2.75, 3.05) is 4.90 Å². The van der Waals surface area contributed by atoms with Crippen molar-refractivity contribution >= 4 is 106 Å². The summed E-state index contributed by atoms with van der Waals surface area (Å²) in [4.78, 5) is 2.39. The molecule has 3 nitrogen and oxygen atoms in total.